The fourth-order valence-electron chi connectivity index (χ4n) is 6.16. The molecule has 2 heterocycles. The summed E-state index contributed by atoms with van der Waals surface area (Å²) in [5.74, 6) is 0.773. The van der Waals surface area contributed by atoms with E-state index in [1.165, 1.54) is 34.4 Å². The van der Waals surface area contributed by atoms with Crippen LogP contribution in [-0.4, -0.2) is 35.1 Å². The summed E-state index contributed by atoms with van der Waals surface area (Å²) in [5, 5.41) is 6.97. The molecular formula is C32H46N4O4S3. The van der Waals surface area contributed by atoms with Crippen molar-refractivity contribution in [3.05, 3.63) is 32.0 Å². The zero-order valence-corrected chi connectivity index (χ0v) is 28.7. The van der Waals surface area contributed by atoms with Crippen LogP contribution in [0.1, 0.15) is 109 Å². The predicted molar refractivity (Wildman–Crippen MR) is 179 cm³/mol. The van der Waals surface area contributed by atoms with Crippen LogP contribution < -0.4 is 22.1 Å². The molecule has 4 rings (SSSR count). The Bertz CT molecular complexity index is 1290. The van der Waals surface area contributed by atoms with Gasteiger partial charge in [0.1, 0.15) is 10.0 Å². The van der Waals surface area contributed by atoms with Crippen molar-refractivity contribution in [3.8, 4) is 0 Å². The van der Waals surface area contributed by atoms with Gasteiger partial charge in [-0.3, -0.25) is 19.2 Å². The van der Waals surface area contributed by atoms with Gasteiger partial charge in [0.05, 0.1) is 11.1 Å². The highest BCUT2D eigenvalue weighted by atomic mass is 32.2. The van der Waals surface area contributed by atoms with Crippen molar-refractivity contribution in [2.75, 3.05) is 22.1 Å². The summed E-state index contributed by atoms with van der Waals surface area (Å²) in [5.41, 5.74) is 14.7. The molecule has 4 amide bonds. The molecule has 0 aromatic carbocycles. The maximum atomic E-state index is 12.8. The standard InChI is InChI=1S/C32H46N4O4S3/c1-31(2,3)17-7-9-19-21(15-17)42-29(25(19)27(33)39)35-23(37)11-13-41-14-12-24(38)36-30-26(28(34)40)20-10-8-18(32(4,5)6)16-22(20)43-30/h17-18H,7-16H2,1-6H3,(H2,33,39)(H2,34,40)(H,35,37)(H,36,38). The lowest BCUT2D eigenvalue weighted by Gasteiger charge is -2.33. The zero-order chi connectivity index (χ0) is 31.7. The Labute approximate surface area is 267 Å². The van der Waals surface area contributed by atoms with Crippen molar-refractivity contribution >= 4 is 68.1 Å². The topological polar surface area (TPSA) is 144 Å². The van der Waals surface area contributed by atoms with Crippen molar-refractivity contribution in [1.29, 1.82) is 0 Å². The van der Waals surface area contributed by atoms with Crippen LogP contribution in [0.3, 0.4) is 0 Å². The lowest BCUT2D eigenvalue weighted by molar-refractivity contribution is -0.116. The van der Waals surface area contributed by atoms with E-state index in [1.54, 1.807) is 0 Å². The Hall–Kier alpha value is -2.37. The number of anilines is 2. The summed E-state index contributed by atoms with van der Waals surface area (Å²) in [6.07, 6.45) is 5.90. The molecule has 6 N–H and O–H groups in total. The quantitative estimate of drug-likeness (QED) is 0.221. The van der Waals surface area contributed by atoms with Crippen LogP contribution >= 0.6 is 34.4 Å². The average molecular weight is 647 g/mol. The lowest BCUT2D eigenvalue weighted by Crippen LogP contribution is -2.27. The van der Waals surface area contributed by atoms with Gasteiger partial charge in [-0.05, 0) is 72.3 Å². The van der Waals surface area contributed by atoms with Crippen molar-refractivity contribution in [2.45, 2.75) is 92.9 Å². The smallest absolute Gasteiger partial charge is 0.251 e. The predicted octanol–water partition coefficient (Wildman–Crippen LogP) is 6.40. The van der Waals surface area contributed by atoms with Gasteiger partial charge in [-0.15, -0.1) is 22.7 Å². The van der Waals surface area contributed by atoms with E-state index in [1.807, 2.05) is 0 Å². The summed E-state index contributed by atoms with van der Waals surface area (Å²) in [7, 11) is 0. The molecule has 0 saturated carbocycles. The highest BCUT2D eigenvalue weighted by Gasteiger charge is 2.35. The molecule has 0 saturated heterocycles. The highest BCUT2D eigenvalue weighted by Crippen LogP contribution is 2.45. The molecule has 2 aliphatic rings. The van der Waals surface area contributed by atoms with Crippen LogP contribution in [0.5, 0.6) is 0 Å². The van der Waals surface area contributed by atoms with E-state index in [9.17, 15) is 19.2 Å². The van der Waals surface area contributed by atoms with Gasteiger partial charge in [0, 0.05) is 34.1 Å². The first-order valence-corrected chi connectivity index (χ1v) is 17.9. The van der Waals surface area contributed by atoms with Crippen LogP contribution in [-0.2, 0) is 35.3 Å². The molecule has 0 spiro atoms. The highest BCUT2D eigenvalue weighted by molar-refractivity contribution is 7.99. The molecule has 236 valence electrons. The van der Waals surface area contributed by atoms with Gasteiger partial charge in [0.25, 0.3) is 11.8 Å². The molecule has 11 heteroatoms. The average Bonchev–Trinajstić information content (AvgIpc) is 3.43. The van der Waals surface area contributed by atoms with Crippen molar-refractivity contribution in [1.82, 2.24) is 0 Å². The van der Waals surface area contributed by atoms with Crippen molar-refractivity contribution in [2.24, 2.45) is 34.1 Å². The first-order chi connectivity index (χ1) is 20.1. The van der Waals surface area contributed by atoms with Crippen LogP contribution in [0.25, 0.3) is 0 Å². The second-order valence-corrected chi connectivity index (χ2v) is 17.4. The molecule has 2 aromatic heterocycles. The van der Waals surface area contributed by atoms with Gasteiger partial charge in [-0.2, -0.15) is 11.8 Å². The van der Waals surface area contributed by atoms with Crippen LogP contribution in [0.2, 0.25) is 0 Å². The molecule has 2 aromatic rings. The number of rotatable bonds is 10. The van der Waals surface area contributed by atoms with E-state index in [-0.39, 0.29) is 35.5 Å². The Morgan fingerprint density at radius 2 is 1.09 bits per heavy atom. The first-order valence-electron chi connectivity index (χ1n) is 15.1. The van der Waals surface area contributed by atoms with E-state index in [0.717, 1.165) is 59.4 Å². The fourth-order valence-corrected chi connectivity index (χ4v) is 9.72. The molecule has 2 atom stereocenters. The van der Waals surface area contributed by atoms with Crippen LogP contribution in [0.15, 0.2) is 0 Å². The van der Waals surface area contributed by atoms with Gasteiger partial charge < -0.3 is 22.1 Å². The van der Waals surface area contributed by atoms with Crippen molar-refractivity contribution in [3.63, 3.8) is 0 Å². The molecule has 2 unspecified atom stereocenters. The molecular weight excluding hydrogens is 601 g/mol. The number of nitrogens with one attached hydrogen (secondary N) is 2. The molecule has 0 radical (unpaired) electrons. The first kappa shape index (κ1) is 33.5. The minimum atomic E-state index is -0.498. The third-order valence-electron chi connectivity index (χ3n) is 8.93. The number of nitrogens with two attached hydrogens (primary N) is 2. The minimum absolute atomic E-state index is 0.172. The van der Waals surface area contributed by atoms with Crippen LogP contribution in [0, 0.1) is 22.7 Å². The summed E-state index contributed by atoms with van der Waals surface area (Å²) in [6.45, 7) is 13.4. The Kier molecular flexibility index (Phi) is 10.4. The number of hydrogen-bond acceptors (Lipinski definition) is 7. The second kappa shape index (κ2) is 13.3. The van der Waals surface area contributed by atoms with Gasteiger partial charge in [-0.25, -0.2) is 0 Å². The normalized spacial score (nSPS) is 18.5. The van der Waals surface area contributed by atoms with E-state index < -0.39 is 11.8 Å². The zero-order valence-electron chi connectivity index (χ0n) is 26.2. The minimum Gasteiger partial charge on any atom is -0.365 e. The molecule has 0 fully saturated rings. The number of thiophene rings is 2. The van der Waals surface area contributed by atoms with Gasteiger partial charge in [0.2, 0.25) is 11.8 Å². The van der Waals surface area contributed by atoms with E-state index >= 15 is 0 Å². The summed E-state index contributed by atoms with van der Waals surface area (Å²) in [6, 6.07) is 0. The Morgan fingerprint density at radius 3 is 1.42 bits per heavy atom. The van der Waals surface area contributed by atoms with Crippen LogP contribution in [0.4, 0.5) is 10.0 Å². The number of primary amides is 2. The molecule has 2 aliphatic carbocycles. The number of fused-ring (bicyclic) bond motifs is 2. The van der Waals surface area contributed by atoms with Gasteiger partial charge >= 0.3 is 0 Å². The SMILES string of the molecule is CC(C)(C)C1CCc2c(sc(NC(=O)CCSCCC(=O)Nc3sc4c(c3C(N)=O)CCC(C(C)(C)C)C4)c2C(N)=O)C1. The molecule has 0 aliphatic heterocycles. The fraction of sp³-hybridized carbons (Fsp3) is 0.625. The largest absolute Gasteiger partial charge is 0.365 e. The van der Waals surface area contributed by atoms with E-state index in [0.29, 0.717) is 44.5 Å². The maximum Gasteiger partial charge on any atom is 0.251 e. The van der Waals surface area contributed by atoms with E-state index in [2.05, 4.69) is 52.2 Å². The number of carbonyl (C=O) groups excluding carboxylic acids is 4. The summed E-state index contributed by atoms with van der Waals surface area (Å²) in [4.78, 5) is 52.4. The number of amides is 4. The number of thioether (sulfide) groups is 1. The third kappa shape index (κ3) is 8.02. The van der Waals surface area contributed by atoms with Crippen molar-refractivity contribution < 1.29 is 19.2 Å². The van der Waals surface area contributed by atoms with Gasteiger partial charge in [-0.1, -0.05) is 41.5 Å². The summed E-state index contributed by atoms with van der Waals surface area (Å²) >= 11 is 4.47. The monoisotopic (exact) mass is 646 g/mol. The number of hydrogen-bond donors (Lipinski definition) is 4. The molecule has 43 heavy (non-hydrogen) atoms. The molecule has 0 bridgehead atoms. The summed E-state index contributed by atoms with van der Waals surface area (Å²) < 4.78 is 0. The maximum absolute atomic E-state index is 12.8. The lowest BCUT2D eigenvalue weighted by atomic mass is 9.72. The second-order valence-electron chi connectivity index (χ2n) is 14.0. The van der Waals surface area contributed by atoms with E-state index in [4.69, 9.17) is 11.5 Å². The Balaban J connectivity index is 1.26. The Morgan fingerprint density at radius 1 is 0.721 bits per heavy atom. The number of carbonyl (C=O) groups is 4. The molecule has 8 nitrogen and oxygen atoms in total. The third-order valence-corrected chi connectivity index (χ3v) is 12.3. The van der Waals surface area contributed by atoms with Gasteiger partial charge in [0.15, 0.2) is 0 Å².